The van der Waals surface area contributed by atoms with Gasteiger partial charge in [0.15, 0.2) is 5.76 Å². The Morgan fingerprint density at radius 2 is 1.96 bits per heavy atom. The third-order valence-electron chi connectivity index (χ3n) is 5.10. The molecular formula is C21H29ClN2O2. The Balaban J connectivity index is 0.00000243. The molecule has 2 unspecified atom stereocenters. The van der Waals surface area contributed by atoms with E-state index < -0.39 is 0 Å². The number of hydrogen-bond acceptors (Lipinski definition) is 3. The molecule has 1 amide bonds. The van der Waals surface area contributed by atoms with Gasteiger partial charge in [0.05, 0.1) is 6.26 Å². The molecule has 0 radical (unpaired) electrons. The normalized spacial score (nSPS) is 20.7. The molecule has 4 nitrogen and oxygen atoms in total. The van der Waals surface area contributed by atoms with Crippen molar-refractivity contribution in [1.29, 1.82) is 0 Å². The van der Waals surface area contributed by atoms with E-state index in [4.69, 9.17) is 4.42 Å². The third kappa shape index (κ3) is 4.89. The van der Waals surface area contributed by atoms with Crippen molar-refractivity contribution in [3.8, 4) is 0 Å². The molecule has 0 bridgehead atoms. The Morgan fingerprint density at radius 3 is 2.65 bits per heavy atom. The lowest BCUT2D eigenvalue weighted by molar-refractivity contribution is 0.0290. The second kappa shape index (κ2) is 9.24. The number of rotatable bonds is 5. The third-order valence-corrected chi connectivity index (χ3v) is 5.10. The van der Waals surface area contributed by atoms with E-state index in [-0.39, 0.29) is 24.4 Å². The maximum Gasteiger partial charge on any atom is 0.289 e. The van der Waals surface area contributed by atoms with Gasteiger partial charge in [-0.2, -0.15) is 0 Å². The van der Waals surface area contributed by atoms with Gasteiger partial charge in [-0.3, -0.25) is 9.69 Å². The van der Waals surface area contributed by atoms with E-state index in [1.165, 1.54) is 11.1 Å². The van der Waals surface area contributed by atoms with Crippen LogP contribution in [0.1, 0.15) is 41.9 Å². The molecule has 142 valence electrons. The molecule has 1 aliphatic rings. The van der Waals surface area contributed by atoms with Gasteiger partial charge in [-0.1, -0.05) is 29.8 Å². The highest BCUT2D eigenvalue weighted by molar-refractivity contribution is 5.91. The molecule has 1 saturated heterocycles. The molecule has 0 N–H and O–H groups in total. The summed E-state index contributed by atoms with van der Waals surface area (Å²) in [5.74, 6) is 0.440. The van der Waals surface area contributed by atoms with Gasteiger partial charge in [0.2, 0.25) is 0 Å². The van der Waals surface area contributed by atoms with Gasteiger partial charge in [0, 0.05) is 25.2 Å². The standard InChI is InChI=1S/C21H28N2O2.ClH/c1-16-7-4-8-19(13-16)9-5-11-22-14-18(3)23(15-17(22)2)21(24)20-10-6-12-25-20;/h4,6-8,10,12-13,17-18H,5,9,11,14-15H2,1-3H3;1H. The number of nitrogens with zero attached hydrogens (tertiary/aromatic N) is 2. The summed E-state index contributed by atoms with van der Waals surface area (Å²) in [5, 5.41) is 0. The number of hydrogen-bond donors (Lipinski definition) is 0. The van der Waals surface area contributed by atoms with Crippen molar-refractivity contribution in [2.45, 2.75) is 45.7 Å². The first-order valence-corrected chi connectivity index (χ1v) is 9.18. The van der Waals surface area contributed by atoms with Gasteiger partial charge < -0.3 is 9.32 Å². The molecule has 3 rings (SSSR count). The minimum Gasteiger partial charge on any atom is -0.459 e. The predicted molar refractivity (Wildman–Crippen MR) is 107 cm³/mol. The summed E-state index contributed by atoms with van der Waals surface area (Å²) >= 11 is 0. The number of benzene rings is 1. The predicted octanol–water partition coefficient (Wildman–Crippen LogP) is 4.18. The van der Waals surface area contributed by atoms with Crippen LogP contribution in [0.3, 0.4) is 0 Å². The lowest BCUT2D eigenvalue weighted by Crippen LogP contribution is -2.58. The fourth-order valence-corrected chi connectivity index (χ4v) is 3.69. The summed E-state index contributed by atoms with van der Waals surface area (Å²) in [6.07, 6.45) is 3.81. The zero-order chi connectivity index (χ0) is 17.8. The molecule has 2 heterocycles. The second-order valence-electron chi connectivity index (χ2n) is 7.22. The lowest BCUT2D eigenvalue weighted by Gasteiger charge is -2.44. The van der Waals surface area contributed by atoms with Crippen molar-refractivity contribution in [2.75, 3.05) is 19.6 Å². The molecular weight excluding hydrogens is 348 g/mol. The van der Waals surface area contributed by atoms with Crippen LogP contribution in [0, 0.1) is 6.92 Å². The monoisotopic (exact) mass is 376 g/mol. The van der Waals surface area contributed by atoms with Crippen LogP contribution in [0.15, 0.2) is 47.1 Å². The van der Waals surface area contributed by atoms with Gasteiger partial charge in [-0.05, 0) is 57.9 Å². The number of aryl methyl sites for hydroxylation is 2. The van der Waals surface area contributed by atoms with Crippen LogP contribution in [0.4, 0.5) is 0 Å². The Hall–Kier alpha value is -1.78. The maximum atomic E-state index is 12.6. The molecule has 2 aromatic rings. The van der Waals surface area contributed by atoms with Crippen LogP contribution in [-0.4, -0.2) is 47.4 Å². The van der Waals surface area contributed by atoms with Crippen molar-refractivity contribution in [3.63, 3.8) is 0 Å². The van der Waals surface area contributed by atoms with Crippen molar-refractivity contribution in [3.05, 3.63) is 59.5 Å². The summed E-state index contributed by atoms with van der Waals surface area (Å²) in [4.78, 5) is 17.0. The van der Waals surface area contributed by atoms with Crippen molar-refractivity contribution < 1.29 is 9.21 Å². The van der Waals surface area contributed by atoms with E-state index in [1.54, 1.807) is 18.4 Å². The number of furan rings is 1. The Morgan fingerprint density at radius 1 is 1.15 bits per heavy atom. The van der Waals surface area contributed by atoms with Crippen molar-refractivity contribution >= 4 is 18.3 Å². The average molecular weight is 377 g/mol. The number of carbonyl (C=O) groups excluding carboxylic acids is 1. The molecule has 0 spiro atoms. The highest BCUT2D eigenvalue weighted by Crippen LogP contribution is 2.19. The minimum absolute atomic E-state index is 0. The van der Waals surface area contributed by atoms with E-state index in [0.29, 0.717) is 11.8 Å². The topological polar surface area (TPSA) is 36.7 Å². The van der Waals surface area contributed by atoms with Crippen LogP contribution < -0.4 is 0 Å². The van der Waals surface area contributed by atoms with Crippen LogP contribution in [-0.2, 0) is 6.42 Å². The van der Waals surface area contributed by atoms with Crippen molar-refractivity contribution in [2.24, 2.45) is 0 Å². The summed E-state index contributed by atoms with van der Waals surface area (Å²) in [6, 6.07) is 12.8. The summed E-state index contributed by atoms with van der Waals surface area (Å²) in [6.45, 7) is 9.22. The molecule has 26 heavy (non-hydrogen) atoms. The maximum absolute atomic E-state index is 12.6. The zero-order valence-corrected chi connectivity index (χ0v) is 16.7. The fraction of sp³-hybridized carbons (Fsp3) is 0.476. The average Bonchev–Trinajstić information content (AvgIpc) is 3.11. The Labute approximate surface area is 162 Å². The largest absolute Gasteiger partial charge is 0.459 e. The van der Waals surface area contributed by atoms with Gasteiger partial charge >= 0.3 is 0 Å². The first-order valence-electron chi connectivity index (χ1n) is 9.18. The summed E-state index contributed by atoms with van der Waals surface area (Å²) < 4.78 is 5.28. The second-order valence-corrected chi connectivity index (χ2v) is 7.22. The molecule has 1 aromatic carbocycles. The first-order chi connectivity index (χ1) is 12.0. The van der Waals surface area contributed by atoms with E-state index in [1.807, 2.05) is 4.90 Å². The van der Waals surface area contributed by atoms with Gasteiger partial charge in [0.1, 0.15) is 0 Å². The summed E-state index contributed by atoms with van der Waals surface area (Å²) in [7, 11) is 0. The van der Waals surface area contributed by atoms with Crippen LogP contribution in [0.25, 0.3) is 0 Å². The molecule has 1 fully saturated rings. The van der Waals surface area contributed by atoms with E-state index >= 15 is 0 Å². The van der Waals surface area contributed by atoms with E-state index in [0.717, 1.165) is 32.5 Å². The number of carbonyl (C=O) groups is 1. The van der Waals surface area contributed by atoms with E-state index in [2.05, 4.69) is 49.9 Å². The van der Waals surface area contributed by atoms with Crippen LogP contribution in [0.2, 0.25) is 0 Å². The quantitative estimate of drug-likeness (QED) is 0.785. The molecule has 1 aliphatic heterocycles. The molecule has 0 aliphatic carbocycles. The lowest BCUT2D eigenvalue weighted by atomic mass is 10.0. The molecule has 2 atom stereocenters. The molecule has 5 heteroatoms. The van der Waals surface area contributed by atoms with Crippen LogP contribution in [0.5, 0.6) is 0 Å². The minimum atomic E-state index is 0. The van der Waals surface area contributed by atoms with E-state index in [9.17, 15) is 4.79 Å². The molecule has 0 saturated carbocycles. The Bertz CT molecular complexity index is 702. The van der Waals surface area contributed by atoms with Crippen LogP contribution >= 0.6 is 12.4 Å². The Kier molecular flexibility index (Phi) is 7.30. The summed E-state index contributed by atoms with van der Waals surface area (Å²) in [5.41, 5.74) is 2.73. The fourth-order valence-electron chi connectivity index (χ4n) is 3.69. The smallest absolute Gasteiger partial charge is 0.289 e. The SMILES string of the molecule is Cc1cccc(CCCN2CC(C)N(C(=O)c3ccco3)CC2C)c1.Cl. The number of halogens is 1. The highest BCUT2D eigenvalue weighted by atomic mass is 35.5. The number of amides is 1. The first kappa shape index (κ1) is 20.5. The van der Waals surface area contributed by atoms with Gasteiger partial charge in [0.25, 0.3) is 5.91 Å². The zero-order valence-electron chi connectivity index (χ0n) is 15.9. The van der Waals surface area contributed by atoms with Gasteiger partial charge in [-0.25, -0.2) is 0 Å². The van der Waals surface area contributed by atoms with Gasteiger partial charge in [-0.15, -0.1) is 12.4 Å². The highest BCUT2D eigenvalue weighted by Gasteiger charge is 2.32. The number of piperazine rings is 1. The van der Waals surface area contributed by atoms with Crippen molar-refractivity contribution in [1.82, 2.24) is 9.80 Å². The molecule has 1 aromatic heterocycles.